The minimum absolute atomic E-state index is 0.0446. The van der Waals surface area contributed by atoms with Crippen molar-refractivity contribution in [1.29, 1.82) is 0 Å². The normalized spacial score (nSPS) is 13.5. The van der Waals surface area contributed by atoms with E-state index in [0.29, 0.717) is 5.89 Å². The molecule has 1 amide bonds. The predicted molar refractivity (Wildman–Crippen MR) is 70.2 cm³/mol. The van der Waals surface area contributed by atoms with Crippen molar-refractivity contribution in [3.05, 3.63) is 35.5 Å². The molecule has 0 spiro atoms. The standard InChI is InChI=1S/C13H14N4O2/c1-8-15-12(17-19-8)13(18)16-10-5-4-9-3-2-6-14-11(9)7-10/h4-5,7,14H,2-3,6H2,1H3,(H,16,18). The van der Waals surface area contributed by atoms with E-state index in [1.807, 2.05) is 18.2 Å². The summed E-state index contributed by atoms with van der Waals surface area (Å²) in [4.78, 5) is 15.8. The summed E-state index contributed by atoms with van der Waals surface area (Å²) in [6.45, 7) is 2.61. The van der Waals surface area contributed by atoms with Gasteiger partial charge in [-0.1, -0.05) is 11.2 Å². The van der Waals surface area contributed by atoms with Crippen LogP contribution in [0.1, 0.15) is 28.5 Å². The third-order valence-corrected chi connectivity index (χ3v) is 3.04. The van der Waals surface area contributed by atoms with E-state index < -0.39 is 0 Å². The molecule has 1 aromatic heterocycles. The van der Waals surface area contributed by atoms with Crippen LogP contribution in [0.5, 0.6) is 0 Å². The maximum absolute atomic E-state index is 11.9. The predicted octanol–water partition coefficient (Wildman–Crippen LogP) is 1.99. The van der Waals surface area contributed by atoms with Gasteiger partial charge in [0.25, 0.3) is 11.7 Å². The smallest absolute Gasteiger partial charge is 0.297 e. The van der Waals surface area contributed by atoms with Gasteiger partial charge in [-0.15, -0.1) is 0 Å². The summed E-state index contributed by atoms with van der Waals surface area (Å²) in [5, 5.41) is 9.66. The van der Waals surface area contributed by atoms with Gasteiger partial charge in [0.2, 0.25) is 5.89 Å². The van der Waals surface area contributed by atoms with Crippen LogP contribution in [0, 0.1) is 6.92 Å². The van der Waals surface area contributed by atoms with Gasteiger partial charge in [-0.2, -0.15) is 4.98 Å². The number of anilines is 2. The number of fused-ring (bicyclic) bond motifs is 1. The average molecular weight is 258 g/mol. The van der Waals surface area contributed by atoms with Crippen LogP contribution in [0.4, 0.5) is 11.4 Å². The Hall–Kier alpha value is -2.37. The molecule has 0 radical (unpaired) electrons. The second-order valence-corrected chi connectivity index (χ2v) is 4.49. The molecular weight excluding hydrogens is 244 g/mol. The highest BCUT2D eigenvalue weighted by Gasteiger charge is 2.14. The number of hydrogen-bond donors (Lipinski definition) is 2. The van der Waals surface area contributed by atoms with Crippen molar-refractivity contribution >= 4 is 17.3 Å². The van der Waals surface area contributed by atoms with Gasteiger partial charge in [-0.25, -0.2) is 0 Å². The second-order valence-electron chi connectivity index (χ2n) is 4.49. The lowest BCUT2D eigenvalue weighted by Gasteiger charge is -2.18. The first-order valence-electron chi connectivity index (χ1n) is 6.21. The van der Waals surface area contributed by atoms with Crippen LogP contribution in [-0.4, -0.2) is 22.6 Å². The van der Waals surface area contributed by atoms with Gasteiger partial charge in [0.1, 0.15) is 0 Å². The van der Waals surface area contributed by atoms with Crippen molar-refractivity contribution in [2.24, 2.45) is 0 Å². The number of hydrogen-bond acceptors (Lipinski definition) is 5. The van der Waals surface area contributed by atoms with Gasteiger partial charge in [0, 0.05) is 24.8 Å². The van der Waals surface area contributed by atoms with E-state index in [0.717, 1.165) is 30.8 Å². The lowest BCUT2D eigenvalue weighted by atomic mass is 10.0. The zero-order valence-electron chi connectivity index (χ0n) is 10.6. The van der Waals surface area contributed by atoms with Gasteiger partial charge in [0.15, 0.2) is 0 Å². The van der Waals surface area contributed by atoms with Gasteiger partial charge in [-0.3, -0.25) is 4.79 Å². The minimum atomic E-state index is -0.368. The van der Waals surface area contributed by atoms with Crippen LogP contribution in [0.2, 0.25) is 0 Å². The number of nitrogens with zero attached hydrogens (tertiary/aromatic N) is 2. The van der Waals surface area contributed by atoms with Crippen molar-refractivity contribution in [2.45, 2.75) is 19.8 Å². The number of aromatic nitrogens is 2. The molecule has 0 fully saturated rings. The van der Waals surface area contributed by atoms with Crippen molar-refractivity contribution in [2.75, 3.05) is 17.2 Å². The Kier molecular flexibility index (Phi) is 2.91. The van der Waals surface area contributed by atoms with Gasteiger partial charge >= 0.3 is 0 Å². The number of carbonyl (C=O) groups excluding carboxylic acids is 1. The average Bonchev–Trinajstić information content (AvgIpc) is 2.85. The lowest BCUT2D eigenvalue weighted by molar-refractivity contribution is 0.101. The molecule has 2 aromatic rings. The summed E-state index contributed by atoms with van der Waals surface area (Å²) in [5.41, 5.74) is 3.08. The highest BCUT2D eigenvalue weighted by molar-refractivity contribution is 6.01. The summed E-state index contributed by atoms with van der Waals surface area (Å²) >= 11 is 0. The van der Waals surface area contributed by atoms with Crippen LogP contribution in [0.25, 0.3) is 0 Å². The minimum Gasteiger partial charge on any atom is -0.385 e. The SMILES string of the molecule is Cc1nc(C(=O)Nc2ccc3c(c2)NCCC3)no1. The van der Waals surface area contributed by atoms with Crippen LogP contribution in [0.15, 0.2) is 22.7 Å². The topological polar surface area (TPSA) is 80.0 Å². The lowest BCUT2D eigenvalue weighted by Crippen LogP contribution is -2.15. The first-order chi connectivity index (χ1) is 9.22. The molecule has 1 aliphatic heterocycles. The quantitative estimate of drug-likeness (QED) is 0.861. The summed E-state index contributed by atoms with van der Waals surface area (Å²) in [6, 6.07) is 5.84. The van der Waals surface area contributed by atoms with E-state index in [1.54, 1.807) is 6.92 Å². The zero-order valence-corrected chi connectivity index (χ0v) is 10.6. The Labute approximate surface area is 110 Å². The van der Waals surface area contributed by atoms with E-state index in [9.17, 15) is 4.79 Å². The Morgan fingerprint density at radius 2 is 2.37 bits per heavy atom. The monoisotopic (exact) mass is 258 g/mol. The van der Waals surface area contributed by atoms with Crippen LogP contribution >= 0.6 is 0 Å². The van der Waals surface area contributed by atoms with Crippen LogP contribution < -0.4 is 10.6 Å². The molecule has 3 rings (SSSR count). The number of benzene rings is 1. The Balaban J connectivity index is 1.78. The van der Waals surface area contributed by atoms with Crippen LogP contribution in [0.3, 0.4) is 0 Å². The third kappa shape index (κ3) is 2.42. The van der Waals surface area contributed by atoms with Crippen molar-refractivity contribution in [3.63, 3.8) is 0 Å². The molecule has 0 atom stereocenters. The first-order valence-corrected chi connectivity index (χ1v) is 6.21. The molecule has 0 unspecified atom stereocenters. The number of carbonyl (C=O) groups is 1. The molecule has 2 heterocycles. The molecular formula is C13H14N4O2. The molecule has 0 saturated carbocycles. The summed E-state index contributed by atoms with van der Waals surface area (Å²) in [5.74, 6) is 0.0491. The number of rotatable bonds is 2. The van der Waals surface area contributed by atoms with Gasteiger partial charge in [0.05, 0.1) is 0 Å². The zero-order chi connectivity index (χ0) is 13.2. The fraction of sp³-hybridized carbons (Fsp3) is 0.308. The highest BCUT2D eigenvalue weighted by Crippen LogP contribution is 2.25. The maximum Gasteiger partial charge on any atom is 0.297 e. The van der Waals surface area contributed by atoms with Gasteiger partial charge in [-0.05, 0) is 30.5 Å². The molecule has 0 saturated heterocycles. The van der Waals surface area contributed by atoms with Crippen molar-refractivity contribution in [3.8, 4) is 0 Å². The fourth-order valence-electron chi connectivity index (χ4n) is 2.12. The largest absolute Gasteiger partial charge is 0.385 e. The first kappa shape index (κ1) is 11.7. The van der Waals surface area contributed by atoms with E-state index >= 15 is 0 Å². The summed E-state index contributed by atoms with van der Waals surface area (Å²) < 4.78 is 4.78. The Bertz CT molecular complexity index is 621. The number of aryl methyl sites for hydroxylation is 2. The molecule has 0 bridgehead atoms. The molecule has 1 aromatic carbocycles. The maximum atomic E-state index is 11.9. The van der Waals surface area contributed by atoms with E-state index in [-0.39, 0.29) is 11.7 Å². The molecule has 2 N–H and O–H groups in total. The summed E-state index contributed by atoms with van der Waals surface area (Å²) in [7, 11) is 0. The van der Waals surface area contributed by atoms with Crippen molar-refractivity contribution in [1.82, 2.24) is 10.1 Å². The molecule has 19 heavy (non-hydrogen) atoms. The second kappa shape index (κ2) is 4.72. The molecule has 6 nitrogen and oxygen atoms in total. The molecule has 98 valence electrons. The fourth-order valence-corrected chi connectivity index (χ4v) is 2.12. The Morgan fingerprint density at radius 1 is 1.47 bits per heavy atom. The number of amides is 1. The molecule has 6 heteroatoms. The van der Waals surface area contributed by atoms with Crippen molar-refractivity contribution < 1.29 is 9.32 Å². The Morgan fingerprint density at radius 3 is 3.16 bits per heavy atom. The third-order valence-electron chi connectivity index (χ3n) is 3.04. The van der Waals surface area contributed by atoms with Gasteiger partial charge < -0.3 is 15.2 Å². The highest BCUT2D eigenvalue weighted by atomic mass is 16.5. The number of nitrogens with one attached hydrogen (secondary N) is 2. The van der Waals surface area contributed by atoms with Crippen LogP contribution in [-0.2, 0) is 6.42 Å². The summed E-state index contributed by atoms with van der Waals surface area (Å²) in [6.07, 6.45) is 2.21. The van der Waals surface area contributed by atoms with E-state index in [4.69, 9.17) is 4.52 Å². The molecule has 1 aliphatic rings. The van der Waals surface area contributed by atoms with E-state index in [1.165, 1.54) is 5.56 Å². The van der Waals surface area contributed by atoms with E-state index in [2.05, 4.69) is 20.8 Å². The molecule has 0 aliphatic carbocycles.